The molecule has 0 saturated heterocycles. The van der Waals surface area contributed by atoms with Crippen LogP contribution in [0, 0.1) is 0 Å². The third-order valence-corrected chi connectivity index (χ3v) is 5.82. The van der Waals surface area contributed by atoms with E-state index in [2.05, 4.69) is 26.0 Å². The summed E-state index contributed by atoms with van der Waals surface area (Å²) in [5.41, 5.74) is 0.490. The van der Waals surface area contributed by atoms with Crippen molar-refractivity contribution in [1.82, 2.24) is 5.32 Å². The maximum absolute atomic E-state index is 12.7. The molecular weight excluding hydrogens is 420 g/mol. The number of anilines is 1. The zero-order valence-electron chi connectivity index (χ0n) is 14.7. The van der Waals surface area contributed by atoms with Crippen molar-refractivity contribution in [3.8, 4) is 5.75 Å². The summed E-state index contributed by atoms with van der Waals surface area (Å²) in [6, 6.07) is 10.9. The molecule has 0 aliphatic rings. The van der Waals surface area contributed by atoms with Gasteiger partial charge in [-0.05, 0) is 59.6 Å². The Balaban J connectivity index is 2.33. The van der Waals surface area contributed by atoms with Gasteiger partial charge in [-0.2, -0.15) is 0 Å². The van der Waals surface area contributed by atoms with E-state index in [1.165, 1.54) is 19.2 Å². The van der Waals surface area contributed by atoms with Gasteiger partial charge in [0.15, 0.2) is 0 Å². The average Bonchev–Trinajstić information content (AvgIpc) is 2.61. The van der Waals surface area contributed by atoms with Gasteiger partial charge in [-0.25, -0.2) is 8.42 Å². The van der Waals surface area contributed by atoms with Crippen molar-refractivity contribution in [2.45, 2.75) is 31.2 Å². The van der Waals surface area contributed by atoms with Gasteiger partial charge in [-0.15, -0.1) is 0 Å². The summed E-state index contributed by atoms with van der Waals surface area (Å²) in [4.78, 5) is 12.5. The minimum absolute atomic E-state index is 0.00953. The Labute approximate surface area is 162 Å². The molecule has 1 atom stereocenters. The predicted octanol–water partition coefficient (Wildman–Crippen LogP) is 3.79. The van der Waals surface area contributed by atoms with Crippen LogP contribution in [-0.2, 0) is 10.0 Å². The molecule has 0 spiro atoms. The number of para-hydroxylation sites is 1. The van der Waals surface area contributed by atoms with E-state index in [-0.39, 0.29) is 28.1 Å². The van der Waals surface area contributed by atoms with Crippen LogP contribution in [0.25, 0.3) is 0 Å². The normalized spacial score (nSPS) is 12.3. The Morgan fingerprint density at radius 3 is 2.54 bits per heavy atom. The molecule has 26 heavy (non-hydrogen) atoms. The number of benzene rings is 2. The average molecular weight is 441 g/mol. The summed E-state index contributed by atoms with van der Waals surface area (Å²) in [5, 5.41) is 2.84. The molecule has 0 heterocycles. The minimum Gasteiger partial charge on any atom is -0.496 e. The maximum atomic E-state index is 12.7. The Hall–Kier alpha value is -2.06. The molecular formula is C18H21BrN2O4S. The van der Waals surface area contributed by atoms with Crippen molar-refractivity contribution in [3.63, 3.8) is 0 Å². The SMILES string of the molecule is CC[C@H](C)NC(=O)c1ccccc1NS(=O)(=O)c1ccc(OC)c(Br)c1. The van der Waals surface area contributed by atoms with Gasteiger partial charge in [0.25, 0.3) is 15.9 Å². The summed E-state index contributed by atoms with van der Waals surface area (Å²) in [7, 11) is -2.37. The fourth-order valence-electron chi connectivity index (χ4n) is 2.19. The van der Waals surface area contributed by atoms with E-state index < -0.39 is 10.0 Å². The summed E-state index contributed by atoms with van der Waals surface area (Å²) < 4.78 is 33.5. The van der Waals surface area contributed by atoms with E-state index in [0.29, 0.717) is 10.2 Å². The van der Waals surface area contributed by atoms with Crippen molar-refractivity contribution in [1.29, 1.82) is 0 Å². The Morgan fingerprint density at radius 1 is 1.23 bits per heavy atom. The number of ether oxygens (including phenoxy) is 1. The highest BCUT2D eigenvalue weighted by molar-refractivity contribution is 9.10. The van der Waals surface area contributed by atoms with Crippen molar-refractivity contribution in [3.05, 3.63) is 52.5 Å². The van der Waals surface area contributed by atoms with Gasteiger partial charge in [0.1, 0.15) is 5.75 Å². The number of amides is 1. The van der Waals surface area contributed by atoms with Crippen molar-refractivity contribution >= 4 is 37.5 Å². The van der Waals surface area contributed by atoms with Crippen molar-refractivity contribution in [2.24, 2.45) is 0 Å². The van der Waals surface area contributed by atoms with Gasteiger partial charge < -0.3 is 10.1 Å². The first-order chi connectivity index (χ1) is 12.3. The van der Waals surface area contributed by atoms with Crippen LogP contribution in [0.15, 0.2) is 51.8 Å². The molecule has 0 aromatic heterocycles. The Bertz CT molecular complexity index is 900. The first kappa shape index (κ1) is 20.3. The smallest absolute Gasteiger partial charge is 0.261 e. The van der Waals surface area contributed by atoms with E-state index in [1.54, 1.807) is 30.3 Å². The highest BCUT2D eigenvalue weighted by atomic mass is 79.9. The summed E-state index contributed by atoms with van der Waals surface area (Å²) >= 11 is 3.28. The van der Waals surface area contributed by atoms with Crippen molar-refractivity contribution in [2.75, 3.05) is 11.8 Å². The molecule has 2 aromatic carbocycles. The number of halogens is 1. The highest BCUT2D eigenvalue weighted by Crippen LogP contribution is 2.28. The Morgan fingerprint density at radius 2 is 1.92 bits per heavy atom. The molecule has 0 aliphatic carbocycles. The number of methoxy groups -OCH3 is 1. The van der Waals surface area contributed by atoms with Crippen LogP contribution in [0.3, 0.4) is 0 Å². The van der Waals surface area contributed by atoms with E-state index in [9.17, 15) is 13.2 Å². The molecule has 140 valence electrons. The lowest BCUT2D eigenvalue weighted by atomic mass is 10.1. The third kappa shape index (κ3) is 4.76. The molecule has 0 radical (unpaired) electrons. The number of carbonyl (C=O) groups excluding carboxylic acids is 1. The third-order valence-electron chi connectivity index (χ3n) is 3.84. The number of hydrogen-bond acceptors (Lipinski definition) is 4. The van der Waals surface area contributed by atoms with E-state index in [0.717, 1.165) is 6.42 Å². The standard InChI is InChI=1S/C18H21BrN2O4S/c1-4-12(2)20-18(22)14-7-5-6-8-16(14)21-26(23,24)13-9-10-17(25-3)15(19)11-13/h5-12,21H,4H2,1-3H3,(H,20,22)/t12-/m0/s1. The maximum Gasteiger partial charge on any atom is 0.261 e. The number of rotatable bonds is 7. The van der Waals surface area contributed by atoms with Crippen molar-refractivity contribution < 1.29 is 17.9 Å². The van der Waals surface area contributed by atoms with Crippen LogP contribution in [-0.4, -0.2) is 27.5 Å². The van der Waals surface area contributed by atoms with Gasteiger partial charge in [-0.1, -0.05) is 19.1 Å². The fourth-order valence-corrected chi connectivity index (χ4v) is 3.99. The molecule has 8 heteroatoms. The van der Waals surface area contributed by atoms with E-state index >= 15 is 0 Å². The summed E-state index contributed by atoms with van der Waals surface area (Å²) in [6.45, 7) is 3.85. The largest absolute Gasteiger partial charge is 0.496 e. The topological polar surface area (TPSA) is 84.5 Å². The van der Waals surface area contributed by atoms with E-state index in [4.69, 9.17) is 4.74 Å². The first-order valence-corrected chi connectivity index (χ1v) is 10.3. The van der Waals surface area contributed by atoms with Gasteiger partial charge in [0, 0.05) is 6.04 Å². The van der Waals surface area contributed by atoms with Gasteiger partial charge in [0.2, 0.25) is 0 Å². The zero-order valence-corrected chi connectivity index (χ0v) is 17.1. The molecule has 0 unspecified atom stereocenters. The molecule has 2 rings (SSSR count). The summed E-state index contributed by atoms with van der Waals surface area (Å²) in [6.07, 6.45) is 0.777. The molecule has 0 fully saturated rings. The number of hydrogen-bond donors (Lipinski definition) is 2. The van der Waals surface area contributed by atoms with E-state index in [1.807, 2.05) is 13.8 Å². The monoisotopic (exact) mass is 440 g/mol. The van der Waals surface area contributed by atoms with Gasteiger partial charge in [0.05, 0.1) is 27.7 Å². The fraction of sp³-hybridized carbons (Fsp3) is 0.278. The highest BCUT2D eigenvalue weighted by Gasteiger charge is 2.20. The van der Waals surface area contributed by atoms with Crippen LogP contribution in [0.5, 0.6) is 5.75 Å². The minimum atomic E-state index is -3.87. The zero-order chi connectivity index (χ0) is 19.3. The molecule has 2 N–H and O–H groups in total. The van der Waals surface area contributed by atoms with Crippen LogP contribution in [0.1, 0.15) is 30.6 Å². The van der Waals surface area contributed by atoms with Crippen LogP contribution in [0.4, 0.5) is 5.69 Å². The number of nitrogens with one attached hydrogen (secondary N) is 2. The second-order valence-electron chi connectivity index (χ2n) is 5.73. The molecule has 0 bridgehead atoms. The quantitative estimate of drug-likeness (QED) is 0.685. The lowest BCUT2D eigenvalue weighted by Crippen LogP contribution is -2.32. The number of sulfonamides is 1. The van der Waals surface area contributed by atoms with Gasteiger partial charge in [-0.3, -0.25) is 9.52 Å². The molecule has 1 amide bonds. The second kappa shape index (κ2) is 8.55. The summed E-state index contributed by atoms with van der Waals surface area (Å²) in [5.74, 6) is 0.200. The Kier molecular flexibility index (Phi) is 6.66. The second-order valence-corrected chi connectivity index (χ2v) is 8.27. The lowest BCUT2D eigenvalue weighted by molar-refractivity contribution is 0.0940. The lowest BCUT2D eigenvalue weighted by Gasteiger charge is -2.15. The number of carbonyl (C=O) groups is 1. The van der Waals surface area contributed by atoms with Crippen LogP contribution < -0.4 is 14.8 Å². The molecule has 6 nitrogen and oxygen atoms in total. The van der Waals surface area contributed by atoms with Crippen LogP contribution >= 0.6 is 15.9 Å². The predicted molar refractivity (Wildman–Crippen MR) is 105 cm³/mol. The first-order valence-electron chi connectivity index (χ1n) is 8.04. The molecule has 0 aliphatic heterocycles. The molecule has 0 saturated carbocycles. The van der Waals surface area contributed by atoms with Gasteiger partial charge >= 0.3 is 0 Å². The molecule has 2 aromatic rings. The van der Waals surface area contributed by atoms with Crippen LogP contribution in [0.2, 0.25) is 0 Å².